The molecule has 0 saturated heterocycles. The van der Waals surface area contributed by atoms with Gasteiger partial charge in [0.15, 0.2) is 5.69 Å². The van der Waals surface area contributed by atoms with Gasteiger partial charge in [0, 0.05) is 13.1 Å². The lowest BCUT2D eigenvalue weighted by Crippen LogP contribution is -2.26. The number of nitrogens with zero attached hydrogens (tertiary/aromatic N) is 2. The van der Waals surface area contributed by atoms with Gasteiger partial charge >= 0.3 is 0 Å². The fraction of sp³-hybridized carbons (Fsp3) is 0.583. The van der Waals surface area contributed by atoms with Crippen LogP contribution < -0.4 is 10.6 Å². The van der Waals surface area contributed by atoms with Gasteiger partial charge in [-0.1, -0.05) is 6.92 Å². The van der Waals surface area contributed by atoms with Gasteiger partial charge in [-0.2, -0.15) is 11.8 Å². The molecular weight excluding hydrogens is 248 g/mol. The zero-order valence-corrected chi connectivity index (χ0v) is 11.7. The molecule has 0 aliphatic heterocycles. The lowest BCUT2D eigenvalue weighted by molar-refractivity contribution is 0.0948. The second-order valence-electron chi connectivity index (χ2n) is 3.83. The smallest absolute Gasteiger partial charge is 0.271 e. The molecule has 0 atom stereocenters. The van der Waals surface area contributed by atoms with Crippen LogP contribution in [-0.2, 0) is 0 Å². The summed E-state index contributed by atoms with van der Waals surface area (Å²) in [4.78, 5) is 11.7. The van der Waals surface area contributed by atoms with E-state index in [1.165, 1.54) is 0 Å². The Morgan fingerprint density at radius 3 is 2.78 bits per heavy atom. The number of rotatable bonds is 8. The van der Waals surface area contributed by atoms with E-state index >= 15 is 0 Å². The number of nitrogens with one attached hydrogen (secondary N) is 2. The van der Waals surface area contributed by atoms with E-state index in [-0.39, 0.29) is 5.91 Å². The Morgan fingerprint density at radius 2 is 2.17 bits per heavy atom. The first-order valence-corrected chi connectivity index (χ1v) is 7.52. The molecule has 0 spiro atoms. The molecule has 6 heteroatoms. The number of carbonyl (C=O) groups is 1. The van der Waals surface area contributed by atoms with Crippen LogP contribution in [0.3, 0.4) is 0 Å². The van der Waals surface area contributed by atoms with Crippen molar-refractivity contribution in [2.75, 3.05) is 30.4 Å². The van der Waals surface area contributed by atoms with Gasteiger partial charge < -0.3 is 10.6 Å². The van der Waals surface area contributed by atoms with Gasteiger partial charge in [0.1, 0.15) is 5.82 Å². The Labute approximate surface area is 112 Å². The third-order valence-corrected chi connectivity index (χ3v) is 2.96. The summed E-state index contributed by atoms with van der Waals surface area (Å²) in [6, 6.07) is 3.47. The fourth-order valence-corrected chi connectivity index (χ4v) is 1.74. The van der Waals surface area contributed by atoms with Gasteiger partial charge in [0.05, 0.1) is 0 Å². The molecule has 0 bridgehead atoms. The maximum atomic E-state index is 11.7. The number of aromatic nitrogens is 2. The molecule has 1 aromatic rings. The van der Waals surface area contributed by atoms with Crippen molar-refractivity contribution in [3.05, 3.63) is 17.8 Å². The number of amides is 1. The standard InChI is InChI=1S/C12H20N4OS/c1-3-7-13-11-6-5-10(15-16-11)12(17)14-8-4-9-18-2/h5-6H,3-4,7-9H2,1-2H3,(H,13,16)(H,14,17). The van der Waals surface area contributed by atoms with Crippen LogP contribution in [0.1, 0.15) is 30.3 Å². The molecule has 0 unspecified atom stereocenters. The van der Waals surface area contributed by atoms with E-state index < -0.39 is 0 Å². The molecule has 0 aromatic carbocycles. The van der Waals surface area contributed by atoms with Crippen molar-refractivity contribution in [2.24, 2.45) is 0 Å². The van der Waals surface area contributed by atoms with Crippen molar-refractivity contribution in [1.29, 1.82) is 0 Å². The van der Waals surface area contributed by atoms with E-state index in [9.17, 15) is 4.79 Å². The lowest BCUT2D eigenvalue weighted by Gasteiger charge is -2.05. The summed E-state index contributed by atoms with van der Waals surface area (Å²) in [6.07, 6.45) is 4.05. The van der Waals surface area contributed by atoms with Gasteiger partial charge in [0.2, 0.25) is 0 Å². The molecule has 1 amide bonds. The van der Waals surface area contributed by atoms with Gasteiger partial charge in [0.25, 0.3) is 5.91 Å². The van der Waals surface area contributed by atoms with Gasteiger partial charge in [-0.25, -0.2) is 0 Å². The first-order valence-electron chi connectivity index (χ1n) is 6.12. The summed E-state index contributed by atoms with van der Waals surface area (Å²) < 4.78 is 0. The van der Waals surface area contributed by atoms with Crippen LogP contribution in [0.5, 0.6) is 0 Å². The Kier molecular flexibility index (Phi) is 7.17. The second kappa shape index (κ2) is 8.74. The molecule has 2 N–H and O–H groups in total. The number of hydrogen-bond donors (Lipinski definition) is 2. The summed E-state index contributed by atoms with van der Waals surface area (Å²) in [5.74, 6) is 1.59. The van der Waals surface area contributed by atoms with Crippen molar-refractivity contribution >= 4 is 23.5 Å². The van der Waals surface area contributed by atoms with E-state index in [4.69, 9.17) is 0 Å². The maximum absolute atomic E-state index is 11.7. The van der Waals surface area contributed by atoms with Crippen molar-refractivity contribution in [3.63, 3.8) is 0 Å². The van der Waals surface area contributed by atoms with E-state index in [0.29, 0.717) is 18.1 Å². The van der Waals surface area contributed by atoms with E-state index in [0.717, 1.165) is 25.1 Å². The SMILES string of the molecule is CCCNc1ccc(C(=O)NCCCSC)nn1. The topological polar surface area (TPSA) is 66.9 Å². The van der Waals surface area contributed by atoms with Crippen molar-refractivity contribution < 1.29 is 4.79 Å². The first-order chi connectivity index (χ1) is 8.77. The highest BCUT2D eigenvalue weighted by atomic mass is 32.2. The van der Waals surface area contributed by atoms with Crippen molar-refractivity contribution in [2.45, 2.75) is 19.8 Å². The predicted molar refractivity (Wildman–Crippen MR) is 76.1 cm³/mol. The van der Waals surface area contributed by atoms with Crippen LogP contribution in [0.15, 0.2) is 12.1 Å². The molecular formula is C12H20N4OS. The van der Waals surface area contributed by atoms with Crippen LogP contribution in [-0.4, -0.2) is 41.2 Å². The van der Waals surface area contributed by atoms with E-state index in [1.54, 1.807) is 23.9 Å². The van der Waals surface area contributed by atoms with Gasteiger partial charge in [-0.05, 0) is 37.0 Å². The number of thioether (sulfide) groups is 1. The first kappa shape index (κ1) is 14.8. The highest BCUT2D eigenvalue weighted by molar-refractivity contribution is 7.98. The predicted octanol–water partition coefficient (Wildman–Crippen LogP) is 1.78. The Balaban J connectivity index is 2.38. The zero-order valence-electron chi connectivity index (χ0n) is 10.9. The quantitative estimate of drug-likeness (QED) is 0.704. The normalized spacial score (nSPS) is 10.1. The monoisotopic (exact) mass is 268 g/mol. The maximum Gasteiger partial charge on any atom is 0.271 e. The van der Waals surface area contributed by atoms with Crippen LogP contribution in [0.2, 0.25) is 0 Å². The average Bonchev–Trinajstić information content (AvgIpc) is 2.41. The van der Waals surface area contributed by atoms with Crippen molar-refractivity contribution in [3.8, 4) is 0 Å². The van der Waals surface area contributed by atoms with Crippen LogP contribution in [0, 0.1) is 0 Å². The number of carbonyl (C=O) groups excluding carboxylic acids is 1. The summed E-state index contributed by atoms with van der Waals surface area (Å²) in [5.41, 5.74) is 0.362. The summed E-state index contributed by atoms with van der Waals surface area (Å²) in [5, 5.41) is 13.8. The lowest BCUT2D eigenvalue weighted by atomic mass is 10.3. The molecule has 1 rings (SSSR count). The van der Waals surface area contributed by atoms with E-state index in [2.05, 4.69) is 34.0 Å². The van der Waals surface area contributed by atoms with E-state index in [1.807, 2.05) is 0 Å². The molecule has 5 nitrogen and oxygen atoms in total. The highest BCUT2D eigenvalue weighted by Crippen LogP contribution is 2.02. The molecule has 0 fully saturated rings. The summed E-state index contributed by atoms with van der Waals surface area (Å²) in [7, 11) is 0. The second-order valence-corrected chi connectivity index (χ2v) is 4.82. The molecule has 0 aliphatic carbocycles. The Morgan fingerprint density at radius 1 is 1.33 bits per heavy atom. The molecule has 18 heavy (non-hydrogen) atoms. The molecule has 0 radical (unpaired) electrons. The van der Waals surface area contributed by atoms with Gasteiger partial charge in [-0.3, -0.25) is 4.79 Å². The third-order valence-electron chi connectivity index (χ3n) is 2.26. The molecule has 0 saturated carbocycles. The molecule has 100 valence electrons. The van der Waals surface area contributed by atoms with Crippen molar-refractivity contribution in [1.82, 2.24) is 15.5 Å². The van der Waals surface area contributed by atoms with Crippen LogP contribution in [0.25, 0.3) is 0 Å². The fourth-order valence-electron chi connectivity index (χ4n) is 1.31. The molecule has 0 aliphatic rings. The largest absolute Gasteiger partial charge is 0.369 e. The molecule has 1 heterocycles. The number of hydrogen-bond acceptors (Lipinski definition) is 5. The minimum Gasteiger partial charge on any atom is -0.369 e. The van der Waals surface area contributed by atoms with Crippen LogP contribution in [0.4, 0.5) is 5.82 Å². The van der Waals surface area contributed by atoms with Gasteiger partial charge in [-0.15, -0.1) is 10.2 Å². The summed E-state index contributed by atoms with van der Waals surface area (Å²) in [6.45, 7) is 3.61. The molecule has 1 aromatic heterocycles. The Bertz CT molecular complexity index is 356. The highest BCUT2D eigenvalue weighted by Gasteiger charge is 2.06. The zero-order chi connectivity index (χ0) is 13.2. The third kappa shape index (κ3) is 5.35. The number of anilines is 1. The van der Waals surface area contributed by atoms with Crippen LogP contribution >= 0.6 is 11.8 Å². The average molecular weight is 268 g/mol. The summed E-state index contributed by atoms with van der Waals surface area (Å²) >= 11 is 1.77. The minimum atomic E-state index is -0.161. The Hall–Kier alpha value is -1.30. The minimum absolute atomic E-state index is 0.161.